The third-order valence-corrected chi connectivity index (χ3v) is 10.9. The molecule has 0 aromatic heterocycles. The number of ether oxygens (including phenoxy) is 4. The van der Waals surface area contributed by atoms with Crippen molar-refractivity contribution in [3.63, 3.8) is 0 Å². The van der Waals surface area contributed by atoms with E-state index in [1.807, 2.05) is 20.0 Å². The molecule has 0 amide bonds. The Labute approximate surface area is 241 Å². The van der Waals surface area contributed by atoms with E-state index in [4.69, 9.17) is 24.7 Å². The number of aryl methyl sites for hydroxylation is 1. The smallest absolute Gasteiger partial charge is 0.323 e. The summed E-state index contributed by atoms with van der Waals surface area (Å²) in [6.45, 7) is 3.61. The largest absolute Gasteiger partial charge is 0.507 e. The fourth-order valence-electron chi connectivity index (χ4n) is 7.72. The molecule has 2 unspecified atom stereocenters. The highest BCUT2D eigenvalue weighted by Gasteiger charge is 2.60. The highest BCUT2D eigenvalue weighted by molar-refractivity contribution is 7.99. The number of esters is 1. The van der Waals surface area contributed by atoms with Crippen molar-refractivity contribution in [3.05, 3.63) is 39.4 Å². The van der Waals surface area contributed by atoms with E-state index in [0.717, 1.165) is 16.7 Å². The number of hydrogen-bond donors (Lipinski definition) is 3. The van der Waals surface area contributed by atoms with Crippen LogP contribution in [0.4, 0.5) is 0 Å². The summed E-state index contributed by atoms with van der Waals surface area (Å²) < 4.78 is 23.2. The van der Waals surface area contributed by atoms with Gasteiger partial charge in [-0.3, -0.25) is 14.6 Å². The Morgan fingerprint density at radius 2 is 1.90 bits per heavy atom. The summed E-state index contributed by atoms with van der Waals surface area (Å²) in [7, 11) is 3.53. The molecule has 0 spiro atoms. The van der Waals surface area contributed by atoms with E-state index in [0.29, 0.717) is 40.4 Å². The summed E-state index contributed by atoms with van der Waals surface area (Å²) in [6, 6.07) is 1.56. The number of fused-ring (bicyclic) bond motifs is 9. The second-order valence-electron chi connectivity index (χ2n) is 11.4. The lowest BCUT2D eigenvalue weighted by Crippen LogP contribution is -2.69. The number of nitrogens with zero attached hydrogens (tertiary/aromatic N) is 3. The molecule has 0 saturated carbocycles. The average molecular weight is 581 g/mol. The predicted octanol–water partition coefficient (Wildman–Crippen LogP) is 2.34. The van der Waals surface area contributed by atoms with Gasteiger partial charge in [0, 0.05) is 40.1 Å². The Morgan fingerprint density at radius 3 is 2.63 bits per heavy atom. The summed E-state index contributed by atoms with van der Waals surface area (Å²) in [5.41, 5.74) is 10.7. The van der Waals surface area contributed by atoms with Crippen LogP contribution in [0.2, 0.25) is 0 Å². The summed E-state index contributed by atoms with van der Waals surface area (Å²) in [4.78, 5) is 17.1. The first-order chi connectivity index (χ1) is 19.7. The number of piperazine rings is 1. The lowest BCUT2D eigenvalue weighted by molar-refractivity contribution is -0.150. The maximum absolute atomic E-state index is 12.8. The van der Waals surface area contributed by atoms with E-state index in [-0.39, 0.29) is 42.7 Å². The molecule has 5 aliphatic rings. The zero-order chi connectivity index (χ0) is 28.9. The molecular weight excluding hydrogens is 548 g/mol. The van der Waals surface area contributed by atoms with E-state index in [1.165, 1.54) is 11.8 Å². The van der Waals surface area contributed by atoms with Gasteiger partial charge < -0.3 is 34.9 Å². The van der Waals surface area contributed by atoms with Crippen LogP contribution in [-0.2, 0) is 16.0 Å². The van der Waals surface area contributed by atoms with Gasteiger partial charge in [-0.25, -0.2) is 0 Å². The number of methoxy groups -OCH3 is 1. The van der Waals surface area contributed by atoms with Gasteiger partial charge in [-0.15, -0.1) is 11.8 Å². The number of phenols is 2. The number of nitriles is 1. The Balaban J connectivity index is 1.54. The molecule has 2 fully saturated rings. The lowest BCUT2D eigenvalue weighted by Gasteiger charge is -2.61. The summed E-state index contributed by atoms with van der Waals surface area (Å²) in [6.07, 6.45) is 0.543. The van der Waals surface area contributed by atoms with Crippen molar-refractivity contribution in [1.29, 1.82) is 5.26 Å². The number of likely N-dealkylation sites (N-methyl/N-ethyl adjacent to an activating group) is 1. The van der Waals surface area contributed by atoms with Gasteiger partial charge in [-0.2, -0.15) is 5.26 Å². The number of rotatable bonds is 1. The monoisotopic (exact) mass is 580 g/mol. The van der Waals surface area contributed by atoms with Gasteiger partial charge in [-0.05, 0) is 38.4 Å². The summed E-state index contributed by atoms with van der Waals surface area (Å²) in [5.74, 6) is 1.27. The zero-order valence-corrected chi connectivity index (χ0v) is 24.0. The van der Waals surface area contributed by atoms with Crippen LogP contribution in [0.3, 0.4) is 0 Å². The molecule has 0 radical (unpaired) electrons. The first-order valence-corrected chi connectivity index (χ1v) is 14.7. The van der Waals surface area contributed by atoms with Crippen molar-refractivity contribution in [2.75, 3.05) is 33.3 Å². The molecule has 41 heavy (non-hydrogen) atoms. The third kappa shape index (κ3) is 3.46. The van der Waals surface area contributed by atoms with E-state index in [1.54, 1.807) is 14.0 Å². The van der Waals surface area contributed by atoms with Crippen LogP contribution < -0.4 is 19.9 Å². The van der Waals surface area contributed by atoms with Crippen molar-refractivity contribution < 1.29 is 34.0 Å². The maximum atomic E-state index is 12.8. The fourth-order valence-corrected chi connectivity index (χ4v) is 9.16. The Hall–Kier alpha value is -3.37. The Kier molecular flexibility index (Phi) is 6.03. The van der Waals surface area contributed by atoms with Crippen LogP contribution in [0.25, 0.3) is 0 Å². The first kappa shape index (κ1) is 26.5. The maximum Gasteiger partial charge on any atom is 0.323 e. The SMILES string of the molecule is COc1c(C)cc2c(c1O)[C@@H]1C3[C@@H]4SCC(N)C(=O)OC[C@@H](c5c6c(c(C)c(O)c54)OCO6)N3[C@@H](C#N)[C@H](C2)N1C. The molecular formula is C29H32N4O7S. The second kappa shape index (κ2) is 9.32. The van der Waals surface area contributed by atoms with E-state index in [2.05, 4.69) is 15.9 Å². The average Bonchev–Trinajstić information content (AvgIpc) is 3.44. The van der Waals surface area contributed by atoms with Gasteiger partial charge in [0.1, 0.15) is 24.4 Å². The van der Waals surface area contributed by atoms with Crippen LogP contribution in [0.15, 0.2) is 6.07 Å². The molecule has 2 aromatic carbocycles. The molecule has 2 saturated heterocycles. The number of carbonyl (C=O) groups is 1. The quantitative estimate of drug-likeness (QED) is 0.425. The molecule has 4 bridgehead atoms. The molecule has 216 valence electrons. The lowest BCUT2D eigenvalue weighted by atomic mass is 9.71. The van der Waals surface area contributed by atoms with Crippen LogP contribution in [0.1, 0.15) is 50.7 Å². The number of aromatic hydroxyl groups is 2. The van der Waals surface area contributed by atoms with Crippen molar-refractivity contribution in [3.8, 4) is 34.8 Å². The number of phenolic OH excluding ortho intramolecular Hbond substituents is 2. The number of benzene rings is 2. The highest BCUT2D eigenvalue weighted by Crippen LogP contribution is 2.63. The predicted molar refractivity (Wildman–Crippen MR) is 148 cm³/mol. The van der Waals surface area contributed by atoms with E-state index >= 15 is 0 Å². The minimum Gasteiger partial charge on any atom is -0.507 e. The Morgan fingerprint density at radius 1 is 1.15 bits per heavy atom. The standard InChI is InChI=1S/C29H32N4O7S/c1-11-5-13-6-15-16(7-30)33-17-8-38-29(36)14(31)9-41-28(20-19(17)27-26(39-10-40-27)12(2)23(20)34)22(33)21(32(15)3)18(13)24(35)25(11)37-4/h5,14-17,21-22,28,34-35H,6,8-10,31H2,1-4H3/t14?,15-,16-,17-,21+,22?,28+/m0/s1. The molecule has 11 nitrogen and oxygen atoms in total. The van der Waals surface area contributed by atoms with E-state index < -0.39 is 35.4 Å². The molecule has 12 heteroatoms. The number of nitrogens with two attached hydrogens (primary N) is 1. The van der Waals surface area contributed by atoms with Gasteiger partial charge >= 0.3 is 5.97 Å². The highest BCUT2D eigenvalue weighted by atomic mass is 32.2. The second-order valence-corrected chi connectivity index (χ2v) is 12.6. The van der Waals surface area contributed by atoms with Gasteiger partial charge in [0.25, 0.3) is 0 Å². The van der Waals surface area contributed by atoms with Crippen molar-refractivity contribution in [2.45, 2.75) is 61.8 Å². The number of thioether (sulfide) groups is 1. The van der Waals surface area contributed by atoms with Gasteiger partial charge in [0.15, 0.2) is 23.0 Å². The number of cyclic esters (lactones) is 1. The topological polar surface area (TPSA) is 151 Å². The molecule has 7 atom stereocenters. The fraction of sp³-hybridized carbons (Fsp3) is 0.517. The number of carbonyl (C=O) groups excluding carboxylic acids is 1. The molecule has 0 aliphatic carbocycles. The van der Waals surface area contributed by atoms with Crippen LogP contribution in [0.5, 0.6) is 28.7 Å². The van der Waals surface area contributed by atoms with Crippen LogP contribution in [0, 0.1) is 25.2 Å². The molecule has 5 heterocycles. The third-order valence-electron chi connectivity index (χ3n) is 9.47. The van der Waals surface area contributed by atoms with Gasteiger partial charge in [0.05, 0.1) is 30.5 Å². The molecule has 2 aromatic rings. The minimum atomic E-state index is -0.857. The summed E-state index contributed by atoms with van der Waals surface area (Å²) >= 11 is 1.45. The summed E-state index contributed by atoms with van der Waals surface area (Å²) in [5, 5.41) is 33.7. The molecule has 4 N–H and O–H groups in total. The van der Waals surface area contributed by atoms with Crippen LogP contribution >= 0.6 is 11.8 Å². The first-order valence-electron chi connectivity index (χ1n) is 13.7. The number of hydrogen-bond acceptors (Lipinski definition) is 12. The normalized spacial score (nSPS) is 31.9. The van der Waals surface area contributed by atoms with E-state index in [9.17, 15) is 20.3 Å². The molecule has 5 aliphatic heterocycles. The van der Waals surface area contributed by atoms with Crippen molar-refractivity contribution in [1.82, 2.24) is 9.80 Å². The molecule has 7 rings (SSSR count). The zero-order valence-electron chi connectivity index (χ0n) is 23.2. The van der Waals surface area contributed by atoms with Crippen molar-refractivity contribution in [2.24, 2.45) is 5.73 Å². The minimum absolute atomic E-state index is 0.000740. The van der Waals surface area contributed by atoms with Gasteiger partial charge in [-0.1, -0.05) is 6.07 Å². The van der Waals surface area contributed by atoms with Gasteiger partial charge in [0.2, 0.25) is 6.79 Å². The van der Waals surface area contributed by atoms with Crippen LogP contribution in [-0.4, -0.2) is 83.5 Å². The Bertz CT molecular complexity index is 1530. The van der Waals surface area contributed by atoms with Crippen molar-refractivity contribution >= 4 is 17.7 Å².